The van der Waals surface area contributed by atoms with Crippen LogP contribution in [-0.4, -0.2) is 5.78 Å². The lowest BCUT2D eigenvalue weighted by Gasteiger charge is -2.31. The largest absolute Gasteiger partial charge is 0.489 e. The summed E-state index contributed by atoms with van der Waals surface area (Å²) in [6, 6.07) is 18.2. The molecule has 0 aromatic heterocycles. The van der Waals surface area contributed by atoms with Gasteiger partial charge in [-0.2, -0.15) is 0 Å². The molecule has 2 aromatic rings. The summed E-state index contributed by atoms with van der Waals surface area (Å²) in [7, 11) is 0. The van der Waals surface area contributed by atoms with Crippen molar-refractivity contribution in [3.8, 4) is 5.75 Å². The maximum atomic E-state index is 13.1. The highest BCUT2D eigenvalue weighted by molar-refractivity contribution is 6.12. The first-order valence-electron chi connectivity index (χ1n) is 10.5. The van der Waals surface area contributed by atoms with Gasteiger partial charge >= 0.3 is 0 Å². The van der Waals surface area contributed by atoms with Gasteiger partial charge in [0.15, 0.2) is 5.78 Å². The van der Waals surface area contributed by atoms with Crippen molar-refractivity contribution in [3.63, 3.8) is 0 Å². The van der Waals surface area contributed by atoms with Crippen LogP contribution >= 0.6 is 0 Å². The molecule has 0 amide bonds. The molecule has 3 rings (SSSR count). The summed E-state index contributed by atoms with van der Waals surface area (Å²) in [5.74, 6) is 0.993. The number of hydrogen-bond donors (Lipinski definition) is 0. The van der Waals surface area contributed by atoms with E-state index in [9.17, 15) is 4.79 Å². The van der Waals surface area contributed by atoms with E-state index in [0.29, 0.717) is 6.61 Å². The van der Waals surface area contributed by atoms with E-state index in [1.54, 1.807) is 0 Å². The fourth-order valence-corrected chi connectivity index (χ4v) is 3.48. The Bertz CT molecular complexity index is 971. The number of Topliss-reactive ketones (excluding diaryl/α,β-unsaturated/α-hetero) is 1. The van der Waals surface area contributed by atoms with E-state index in [0.717, 1.165) is 33.6 Å². The van der Waals surface area contributed by atoms with Crippen LogP contribution in [0.15, 0.2) is 83.5 Å². The number of benzene rings is 2. The lowest BCUT2D eigenvalue weighted by molar-refractivity contribution is -0.114. The molecule has 2 nitrogen and oxygen atoms in total. The lowest BCUT2D eigenvalue weighted by atomic mass is 9.72. The van der Waals surface area contributed by atoms with Crippen LogP contribution in [0.5, 0.6) is 5.75 Å². The summed E-state index contributed by atoms with van der Waals surface area (Å²) in [6.45, 7) is 13.1. The quantitative estimate of drug-likeness (QED) is 0.543. The number of allylic oxidation sites excluding steroid dienone is 5. The minimum atomic E-state index is -0.207. The second-order valence-corrected chi connectivity index (χ2v) is 9.94. The Morgan fingerprint density at radius 2 is 1.40 bits per heavy atom. The first-order valence-corrected chi connectivity index (χ1v) is 10.5. The molecule has 156 valence electrons. The van der Waals surface area contributed by atoms with E-state index in [1.807, 2.05) is 48.6 Å². The number of carbonyl (C=O) groups excluding carboxylic acids is 1. The second-order valence-electron chi connectivity index (χ2n) is 9.94. The molecule has 2 aromatic carbocycles. The number of hydrogen-bond acceptors (Lipinski definition) is 2. The normalized spacial score (nSPS) is 14.9. The smallest absolute Gasteiger partial charge is 0.186 e. The van der Waals surface area contributed by atoms with Gasteiger partial charge in [-0.1, -0.05) is 84.0 Å². The van der Waals surface area contributed by atoms with Crippen molar-refractivity contribution in [2.24, 2.45) is 10.8 Å². The first kappa shape index (κ1) is 21.8. The van der Waals surface area contributed by atoms with Gasteiger partial charge in [-0.3, -0.25) is 4.79 Å². The fourth-order valence-electron chi connectivity index (χ4n) is 3.48. The molecule has 0 saturated carbocycles. The zero-order valence-corrected chi connectivity index (χ0v) is 19.0. The maximum absolute atomic E-state index is 13.1. The van der Waals surface area contributed by atoms with Gasteiger partial charge in [0.2, 0.25) is 0 Å². The third kappa shape index (κ3) is 5.38. The van der Waals surface area contributed by atoms with Crippen molar-refractivity contribution in [1.82, 2.24) is 0 Å². The average molecular weight is 401 g/mol. The van der Waals surface area contributed by atoms with Gasteiger partial charge in [-0.05, 0) is 57.9 Å². The molecular formula is C28H32O2. The van der Waals surface area contributed by atoms with Gasteiger partial charge in [0, 0.05) is 11.1 Å². The van der Waals surface area contributed by atoms with E-state index in [-0.39, 0.29) is 16.6 Å². The molecule has 0 saturated heterocycles. The van der Waals surface area contributed by atoms with E-state index in [4.69, 9.17) is 4.74 Å². The standard InChI is InChI=1S/C28H32O2/c1-27(2,3)24-17-22(18-25(26(24)29)28(4,5)6)15-21-13-10-14-23(16-21)30-19-20-11-8-7-9-12-20/h7-18H,19H2,1-6H3. The summed E-state index contributed by atoms with van der Waals surface area (Å²) in [4.78, 5) is 13.1. The Kier molecular flexibility index (Phi) is 6.17. The van der Waals surface area contributed by atoms with E-state index < -0.39 is 0 Å². The molecule has 0 radical (unpaired) electrons. The van der Waals surface area contributed by atoms with Crippen LogP contribution in [0.3, 0.4) is 0 Å². The number of rotatable bonds is 4. The van der Waals surface area contributed by atoms with E-state index in [2.05, 4.69) is 65.8 Å². The van der Waals surface area contributed by atoms with Crippen molar-refractivity contribution < 1.29 is 9.53 Å². The summed E-state index contributed by atoms with van der Waals surface area (Å²) >= 11 is 0. The molecule has 0 unspecified atom stereocenters. The van der Waals surface area contributed by atoms with E-state index in [1.165, 1.54) is 0 Å². The van der Waals surface area contributed by atoms with Crippen molar-refractivity contribution in [3.05, 3.63) is 94.6 Å². The molecule has 1 aliphatic rings. The second kappa shape index (κ2) is 8.47. The molecule has 30 heavy (non-hydrogen) atoms. The minimum Gasteiger partial charge on any atom is -0.489 e. The SMILES string of the molecule is CC(C)(C)C1=CC(=Cc2cccc(OCc3ccccc3)c2)C=C(C(C)(C)C)C1=O. The lowest BCUT2D eigenvalue weighted by Crippen LogP contribution is -2.27. The zero-order valence-electron chi connectivity index (χ0n) is 19.0. The molecular weight excluding hydrogens is 368 g/mol. The minimum absolute atomic E-state index is 0.159. The van der Waals surface area contributed by atoms with Crippen molar-refractivity contribution in [2.75, 3.05) is 0 Å². The molecule has 0 atom stereocenters. The van der Waals surface area contributed by atoms with Crippen LogP contribution < -0.4 is 4.74 Å². The molecule has 0 bridgehead atoms. The Morgan fingerprint density at radius 1 is 0.800 bits per heavy atom. The fraction of sp³-hybridized carbons (Fsp3) is 0.321. The first-order chi connectivity index (χ1) is 14.0. The van der Waals surface area contributed by atoms with Crippen molar-refractivity contribution in [1.29, 1.82) is 0 Å². The highest BCUT2D eigenvalue weighted by atomic mass is 16.5. The third-order valence-corrected chi connectivity index (χ3v) is 5.17. The van der Waals surface area contributed by atoms with Gasteiger partial charge in [0.1, 0.15) is 12.4 Å². The summed E-state index contributed by atoms with van der Waals surface area (Å²) in [5, 5.41) is 0. The molecule has 0 aliphatic heterocycles. The Balaban J connectivity index is 1.91. The zero-order chi connectivity index (χ0) is 21.9. The summed E-state index contributed by atoms with van der Waals surface area (Å²) in [5.41, 5.74) is 4.55. The van der Waals surface area contributed by atoms with Gasteiger partial charge < -0.3 is 4.74 Å². The predicted octanol–water partition coefficient (Wildman–Crippen LogP) is 7.18. The van der Waals surface area contributed by atoms with Crippen LogP contribution in [0.25, 0.3) is 6.08 Å². The van der Waals surface area contributed by atoms with E-state index >= 15 is 0 Å². The van der Waals surface area contributed by atoms with Crippen LogP contribution in [0.1, 0.15) is 52.7 Å². The molecule has 0 heterocycles. The summed E-state index contributed by atoms with van der Waals surface area (Å²) < 4.78 is 5.98. The number of carbonyl (C=O) groups is 1. The number of ketones is 1. The monoisotopic (exact) mass is 400 g/mol. The highest BCUT2D eigenvalue weighted by Crippen LogP contribution is 2.39. The highest BCUT2D eigenvalue weighted by Gasteiger charge is 2.33. The van der Waals surface area contributed by atoms with Crippen LogP contribution in [-0.2, 0) is 11.4 Å². The van der Waals surface area contributed by atoms with Crippen molar-refractivity contribution in [2.45, 2.75) is 48.1 Å². The van der Waals surface area contributed by atoms with Gasteiger partial charge in [0.05, 0.1) is 0 Å². The maximum Gasteiger partial charge on any atom is 0.186 e. The predicted molar refractivity (Wildman–Crippen MR) is 125 cm³/mol. The third-order valence-electron chi connectivity index (χ3n) is 5.17. The van der Waals surface area contributed by atoms with Crippen molar-refractivity contribution >= 4 is 11.9 Å². The molecule has 0 spiro atoms. The Labute approximate surface area is 181 Å². The summed E-state index contributed by atoms with van der Waals surface area (Å²) in [6.07, 6.45) is 6.20. The van der Waals surface area contributed by atoms with Gasteiger partial charge in [-0.25, -0.2) is 0 Å². The molecule has 0 fully saturated rings. The molecule has 1 aliphatic carbocycles. The van der Waals surface area contributed by atoms with Crippen LogP contribution in [0, 0.1) is 10.8 Å². The van der Waals surface area contributed by atoms with Gasteiger partial charge in [0.25, 0.3) is 0 Å². The Morgan fingerprint density at radius 3 is 1.97 bits per heavy atom. The Hall–Kier alpha value is -2.87. The van der Waals surface area contributed by atoms with Crippen LogP contribution in [0.4, 0.5) is 0 Å². The molecule has 2 heteroatoms. The number of ether oxygens (including phenoxy) is 1. The van der Waals surface area contributed by atoms with Crippen LogP contribution in [0.2, 0.25) is 0 Å². The molecule has 0 N–H and O–H groups in total. The average Bonchev–Trinajstić information content (AvgIpc) is 2.67. The van der Waals surface area contributed by atoms with Gasteiger partial charge in [-0.15, -0.1) is 0 Å². The topological polar surface area (TPSA) is 26.3 Å².